The molecule has 0 fully saturated rings. The predicted molar refractivity (Wildman–Crippen MR) is 99.1 cm³/mol. The van der Waals surface area contributed by atoms with Crippen molar-refractivity contribution in [1.82, 2.24) is 10.9 Å². The molecule has 0 aliphatic carbocycles. The topological polar surface area (TPSA) is 88.0 Å². The molecule has 1 atom stereocenters. The highest BCUT2D eigenvalue weighted by atomic mass is 16.3. The molecule has 1 heterocycles. The van der Waals surface area contributed by atoms with Crippen LogP contribution in [0.25, 0.3) is 0 Å². The summed E-state index contributed by atoms with van der Waals surface area (Å²) in [5, 5.41) is 1.99. The standard InChI is InChI=1S/C20H27N3O3/c1-4-6-15-8-10-16(11-9-15)19(14(2)3)21-13-18(24)22-23-20(25)17-7-5-12-26-17/h5,7-12,14,19,21H,4,6,13H2,1-3H3,(H,22,24)(H,23,25)/p+1/t19-/m1/s1. The van der Waals surface area contributed by atoms with Gasteiger partial charge in [0.1, 0.15) is 6.04 Å². The largest absolute Gasteiger partial charge is 0.459 e. The van der Waals surface area contributed by atoms with Crippen molar-refractivity contribution in [3.8, 4) is 0 Å². The highest BCUT2D eigenvalue weighted by molar-refractivity contribution is 5.92. The third-order valence-electron chi connectivity index (χ3n) is 4.24. The van der Waals surface area contributed by atoms with Gasteiger partial charge in [0.25, 0.3) is 5.91 Å². The zero-order valence-electron chi connectivity index (χ0n) is 15.6. The second-order valence-corrected chi connectivity index (χ2v) is 6.68. The summed E-state index contributed by atoms with van der Waals surface area (Å²) in [5.74, 6) is -0.215. The summed E-state index contributed by atoms with van der Waals surface area (Å²) in [4.78, 5) is 23.8. The Morgan fingerprint density at radius 3 is 2.42 bits per heavy atom. The molecule has 0 aliphatic heterocycles. The number of quaternary nitrogens is 1. The summed E-state index contributed by atoms with van der Waals surface area (Å²) in [7, 11) is 0. The van der Waals surface area contributed by atoms with E-state index >= 15 is 0 Å². The van der Waals surface area contributed by atoms with Crippen LogP contribution >= 0.6 is 0 Å². The first-order valence-electron chi connectivity index (χ1n) is 9.06. The van der Waals surface area contributed by atoms with E-state index in [4.69, 9.17) is 4.42 Å². The van der Waals surface area contributed by atoms with Crippen LogP contribution in [0.1, 0.15) is 54.9 Å². The number of nitrogens with one attached hydrogen (secondary N) is 2. The van der Waals surface area contributed by atoms with Gasteiger partial charge in [-0.2, -0.15) is 0 Å². The van der Waals surface area contributed by atoms with Crippen LogP contribution in [0.4, 0.5) is 0 Å². The minimum absolute atomic E-state index is 0.154. The van der Waals surface area contributed by atoms with Crippen molar-refractivity contribution in [2.75, 3.05) is 6.54 Å². The Morgan fingerprint density at radius 2 is 1.85 bits per heavy atom. The number of furan rings is 1. The molecule has 0 radical (unpaired) electrons. The van der Waals surface area contributed by atoms with E-state index in [-0.39, 0.29) is 24.3 Å². The fourth-order valence-electron chi connectivity index (χ4n) is 2.87. The highest BCUT2D eigenvalue weighted by Gasteiger charge is 2.20. The molecule has 2 amide bonds. The second-order valence-electron chi connectivity index (χ2n) is 6.68. The maximum Gasteiger partial charge on any atom is 0.305 e. The molecule has 1 aromatic heterocycles. The monoisotopic (exact) mass is 358 g/mol. The molecule has 1 aromatic carbocycles. The Kier molecular flexibility index (Phi) is 7.41. The lowest BCUT2D eigenvalue weighted by atomic mass is 9.94. The van der Waals surface area contributed by atoms with Gasteiger partial charge in [-0.25, -0.2) is 0 Å². The van der Waals surface area contributed by atoms with Crippen molar-refractivity contribution < 1.29 is 19.3 Å². The molecule has 2 rings (SSSR count). The lowest BCUT2D eigenvalue weighted by molar-refractivity contribution is -0.692. The Morgan fingerprint density at radius 1 is 1.12 bits per heavy atom. The number of nitrogens with two attached hydrogens (primary N) is 1. The third-order valence-corrected chi connectivity index (χ3v) is 4.24. The smallest absolute Gasteiger partial charge is 0.305 e. The SMILES string of the molecule is CCCc1ccc([C@H]([NH2+]CC(=O)NNC(=O)c2ccco2)C(C)C)cc1. The summed E-state index contributed by atoms with van der Waals surface area (Å²) in [6, 6.07) is 11.9. The molecule has 2 aromatic rings. The number of aryl methyl sites for hydroxylation is 1. The van der Waals surface area contributed by atoms with Gasteiger partial charge >= 0.3 is 5.91 Å². The van der Waals surface area contributed by atoms with E-state index in [9.17, 15) is 9.59 Å². The normalized spacial score (nSPS) is 12.0. The van der Waals surface area contributed by atoms with Crippen molar-refractivity contribution in [1.29, 1.82) is 0 Å². The van der Waals surface area contributed by atoms with Gasteiger partial charge < -0.3 is 9.73 Å². The van der Waals surface area contributed by atoms with Crippen LogP contribution in [0, 0.1) is 5.92 Å². The van der Waals surface area contributed by atoms with E-state index in [1.165, 1.54) is 23.5 Å². The van der Waals surface area contributed by atoms with E-state index in [1.807, 2.05) is 5.32 Å². The fourth-order valence-corrected chi connectivity index (χ4v) is 2.87. The zero-order chi connectivity index (χ0) is 18.9. The number of carbonyl (C=O) groups is 2. The number of benzene rings is 1. The van der Waals surface area contributed by atoms with Gasteiger partial charge in [-0.1, -0.05) is 51.5 Å². The predicted octanol–water partition coefficient (Wildman–Crippen LogP) is 1.95. The lowest BCUT2D eigenvalue weighted by Gasteiger charge is -2.20. The number of carbonyl (C=O) groups excluding carboxylic acids is 2. The number of amides is 2. The molecule has 4 N–H and O–H groups in total. The average molecular weight is 358 g/mol. The first kappa shape index (κ1) is 19.7. The molecule has 6 heteroatoms. The Labute approximate surface area is 154 Å². The zero-order valence-corrected chi connectivity index (χ0v) is 15.6. The molecule has 140 valence electrons. The number of rotatable bonds is 8. The summed E-state index contributed by atoms with van der Waals surface area (Å²) in [5.41, 5.74) is 7.29. The highest BCUT2D eigenvalue weighted by Crippen LogP contribution is 2.18. The third kappa shape index (κ3) is 5.74. The molecule has 26 heavy (non-hydrogen) atoms. The molecular formula is C20H28N3O3+. The van der Waals surface area contributed by atoms with Crippen LogP contribution in [0.5, 0.6) is 0 Å². The summed E-state index contributed by atoms with van der Waals surface area (Å²) >= 11 is 0. The number of hydrogen-bond donors (Lipinski definition) is 3. The van der Waals surface area contributed by atoms with Crippen molar-refractivity contribution in [2.24, 2.45) is 5.92 Å². The molecule has 0 saturated carbocycles. The molecule has 6 nitrogen and oxygen atoms in total. The molecule has 0 aliphatic rings. The van der Waals surface area contributed by atoms with Crippen LogP contribution in [0.2, 0.25) is 0 Å². The minimum atomic E-state index is -0.477. The van der Waals surface area contributed by atoms with E-state index in [0.717, 1.165) is 12.8 Å². The van der Waals surface area contributed by atoms with Crippen molar-refractivity contribution in [2.45, 2.75) is 39.7 Å². The Hall–Kier alpha value is -2.60. The van der Waals surface area contributed by atoms with Crippen LogP contribution < -0.4 is 16.2 Å². The van der Waals surface area contributed by atoms with E-state index in [1.54, 1.807) is 6.07 Å². The van der Waals surface area contributed by atoms with Gasteiger partial charge in [0.15, 0.2) is 12.3 Å². The maximum atomic E-state index is 12.0. The summed E-state index contributed by atoms with van der Waals surface area (Å²) in [6.07, 6.45) is 3.61. The van der Waals surface area contributed by atoms with Crippen molar-refractivity contribution in [3.05, 3.63) is 59.5 Å². The second kappa shape index (κ2) is 9.77. The van der Waals surface area contributed by atoms with Crippen molar-refractivity contribution >= 4 is 11.8 Å². The van der Waals surface area contributed by atoms with Gasteiger partial charge in [0, 0.05) is 11.5 Å². The molecular weight excluding hydrogens is 330 g/mol. The molecule has 0 bridgehead atoms. The average Bonchev–Trinajstić information content (AvgIpc) is 3.16. The molecule has 0 saturated heterocycles. The first-order valence-corrected chi connectivity index (χ1v) is 9.06. The quantitative estimate of drug-likeness (QED) is 0.630. The van der Waals surface area contributed by atoms with Gasteiger partial charge in [-0.15, -0.1) is 0 Å². The van der Waals surface area contributed by atoms with Crippen LogP contribution in [-0.2, 0) is 11.2 Å². The molecule has 0 unspecified atom stereocenters. The van der Waals surface area contributed by atoms with Gasteiger partial charge in [0.05, 0.1) is 6.26 Å². The van der Waals surface area contributed by atoms with Gasteiger partial charge in [0.2, 0.25) is 0 Å². The van der Waals surface area contributed by atoms with Gasteiger partial charge in [-0.05, 0) is 24.1 Å². The minimum Gasteiger partial charge on any atom is -0.459 e. The Balaban J connectivity index is 1.85. The summed E-state index contributed by atoms with van der Waals surface area (Å²) < 4.78 is 4.97. The maximum absolute atomic E-state index is 12.0. The molecule has 0 spiro atoms. The van der Waals surface area contributed by atoms with Gasteiger partial charge in [-0.3, -0.25) is 20.4 Å². The van der Waals surface area contributed by atoms with E-state index in [2.05, 4.69) is 55.9 Å². The van der Waals surface area contributed by atoms with Crippen LogP contribution in [0.3, 0.4) is 0 Å². The lowest BCUT2D eigenvalue weighted by Crippen LogP contribution is -2.88. The Bertz CT molecular complexity index is 694. The van der Waals surface area contributed by atoms with Crippen LogP contribution in [0.15, 0.2) is 47.1 Å². The number of hydrogen-bond acceptors (Lipinski definition) is 3. The van der Waals surface area contributed by atoms with E-state index in [0.29, 0.717) is 5.92 Å². The fraction of sp³-hybridized carbons (Fsp3) is 0.400. The van der Waals surface area contributed by atoms with E-state index < -0.39 is 5.91 Å². The van der Waals surface area contributed by atoms with Crippen LogP contribution in [-0.4, -0.2) is 18.4 Å². The number of hydrazine groups is 1. The first-order chi connectivity index (χ1) is 12.5. The van der Waals surface area contributed by atoms with Crippen molar-refractivity contribution in [3.63, 3.8) is 0 Å². The summed E-state index contributed by atoms with van der Waals surface area (Å²) in [6.45, 7) is 6.66.